The molecule has 0 saturated carbocycles. The molecule has 0 bridgehead atoms. The van der Waals surface area contributed by atoms with Crippen molar-refractivity contribution < 1.29 is 17.9 Å². The van der Waals surface area contributed by atoms with E-state index in [9.17, 15) is 13.2 Å². The molecule has 0 spiro atoms. The van der Waals surface area contributed by atoms with Crippen LogP contribution in [0, 0.1) is 0 Å². The van der Waals surface area contributed by atoms with Gasteiger partial charge < -0.3 is 15.0 Å². The third-order valence-electron chi connectivity index (χ3n) is 3.06. The van der Waals surface area contributed by atoms with E-state index in [0.717, 1.165) is 18.7 Å². The molecule has 19 heavy (non-hydrogen) atoms. The number of nitrogens with zero attached hydrogens (tertiary/aromatic N) is 1. The average molecular weight is 271 g/mol. The third-order valence-corrected chi connectivity index (χ3v) is 3.06. The summed E-state index contributed by atoms with van der Waals surface area (Å²) >= 11 is 0. The van der Waals surface area contributed by atoms with Gasteiger partial charge in [-0.15, -0.1) is 0 Å². The number of hydrogen-bond donors (Lipinski definition) is 2. The van der Waals surface area contributed by atoms with Gasteiger partial charge in [0.15, 0.2) is 0 Å². The second kappa shape index (κ2) is 4.50. The van der Waals surface area contributed by atoms with E-state index >= 15 is 0 Å². The van der Waals surface area contributed by atoms with Crippen molar-refractivity contribution in [2.45, 2.75) is 12.3 Å². The maximum absolute atomic E-state index is 12.6. The molecule has 1 saturated heterocycles. The SMILES string of the molecule is FC(F)(F)c1ccc2nc(C3CNCCO3)[nH]c2c1. The quantitative estimate of drug-likeness (QED) is 0.836. The molecule has 0 radical (unpaired) electrons. The highest BCUT2D eigenvalue weighted by Gasteiger charge is 2.31. The van der Waals surface area contributed by atoms with Gasteiger partial charge in [0.1, 0.15) is 11.9 Å². The van der Waals surface area contributed by atoms with E-state index in [0.29, 0.717) is 30.0 Å². The van der Waals surface area contributed by atoms with Crippen molar-refractivity contribution in [3.05, 3.63) is 29.6 Å². The number of aromatic amines is 1. The van der Waals surface area contributed by atoms with Crippen LogP contribution >= 0.6 is 0 Å². The molecule has 1 aliphatic rings. The number of morpholine rings is 1. The average Bonchev–Trinajstić information content (AvgIpc) is 2.81. The second-order valence-electron chi connectivity index (χ2n) is 4.42. The van der Waals surface area contributed by atoms with Gasteiger partial charge in [0, 0.05) is 13.1 Å². The topological polar surface area (TPSA) is 49.9 Å². The van der Waals surface area contributed by atoms with Crippen LogP contribution < -0.4 is 5.32 Å². The summed E-state index contributed by atoms with van der Waals surface area (Å²) in [5, 5.41) is 3.15. The van der Waals surface area contributed by atoms with Gasteiger partial charge in [-0.3, -0.25) is 0 Å². The predicted octanol–water partition coefficient (Wildman–Crippen LogP) is 2.24. The number of benzene rings is 1. The molecular weight excluding hydrogens is 259 g/mol. The number of halogens is 3. The number of imidazole rings is 1. The summed E-state index contributed by atoms with van der Waals surface area (Å²) in [5.41, 5.74) is 0.203. The zero-order valence-electron chi connectivity index (χ0n) is 9.92. The van der Waals surface area contributed by atoms with Gasteiger partial charge in [-0.25, -0.2) is 4.98 Å². The van der Waals surface area contributed by atoms with Gasteiger partial charge in [-0.2, -0.15) is 13.2 Å². The van der Waals surface area contributed by atoms with Crippen LogP contribution in [-0.2, 0) is 10.9 Å². The summed E-state index contributed by atoms with van der Waals surface area (Å²) in [6.45, 7) is 1.94. The standard InChI is InChI=1S/C12H12F3N3O/c13-12(14,15)7-1-2-8-9(5-7)18-11(17-8)10-6-16-3-4-19-10/h1-2,5,10,16H,3-4,6H2,(H,17,18). The Morgan fingerprint density at radius 3 is 2.84 bits per heavy atom. The minimum atomic E-state index is -4.34. The number of ether oxygens (including phenoxy) is 1. The number of alkyl halides is 3. The van der Waals surface area contributed by atoms with Gasteiger partial charge >= 0.3 is 6.18 Å². The lowest BCUT2D eigenvalue weighted by Crippen LogP contribution is -2.33. The Morgan fingerprint density at radius 1 is 1.32 bits per heavy atom. The van der Waals surface area contributed by atoms with Crippen LogP contribution in [0.25, 0.3) is 11.0 Å². The van der Waals surface area contributed by atoms with Crippen molar-refractivity contribution >= 4 is 11.0 Å². The van der Waals surface area contributed by atoms with Crippen LogP contribution in [0.4, 0.5) is 13.2 Å². The zero-order chi connectivity index (χ0) is 13.5. The number of aromatic nitrogens is 2. The lowest BCUT2D eigenvalue weighted by Gasteiger charge is -2.21. The fourth-order valence-corrected chi connectivity index (χ4v) is 2.10. The van der Waals surface area contributed by atoms with E-state index in [1.807, 2.05) is 0 Å². The minimum Gasteiger partial charge on any atom is -0.368 e. The Kier molecular flexibility index (Phi) is 2.94. The minimum absolute atomic E-state index is 0.240. The molecular formula is C12H12F3N3O. The lowest BCUT2D eigenvalue weighted by molar-refractivity contribution is -0.137. The van der Waals surface area contributed by atoms with Crippen molar-refractivity contribution in [2.24, 2.45) is 0 Å². The van der Waals surface area contributed by atoms with Crippen molar-refractivity contribution in [3.63, 3.8) is 0 Å². The molecule has 1 aromatic heterocycles. The summed E-state index contributed by atoms with van der Waals surface area (Å²) in [7, 11) is 0. The summed E-state index contributed by atoms with van der Waals surface area (Å²) in [5.74, 6) is 0.557. The van der Waals surface area contributed by atoms with E-state index in [1.165, 1.54) is 6.07 Å². The smallest absolute Gasteiger partial charge is 0.368 e. The number of nitrogens with one attached hydrogen (secondary N) is 2. The van der Waals surface area contributed by atoms with Gasteiger partial charge in [0.05, 0.1) is 23.2 Å². The normalized spacial score (nSPS) is 20.9. The fraction of sp³-hybridized carbons (Fsp3) is 0.417. The highest BCUT2D eigenvalue weighted by Crippen LogP contribution is 2.31. The number of fused-ring (bicyclic) bond motifs is 1. The van der Waals surface area contributed by atoms with Crippen molar-refractivity contribution in [1.82, 2.24) is 15.3 Å². The maximum atomic E-state index is 12.6. The maximum Gasteiger partial charge on any atom is 0.416 e. The molecule has 0 amide bonds. The summed E-state index contributed by atoms with van der Waals surface area (Å²) < 4.78 is 43.3. The Hall–Kier alpha value is -1.60. The Balaban J connectivity index is 1.96. The molecule has 3 rings (SSSR count). The molecule has 2 aromatic rings. The van der Waals surface area contributed by atoms with Crippen LogP contribution in [0.15, 0.2) is 18.2 Å². The fourth-order valence-electron chi connectivity index (χ4n) is 2.10. The first-order chi connectivity index (χ1) is 9.04. The summed E-state index contributed by atoms with van der Waals surface area (Å²) in [4.78, 5) is 7.17. The second-order valence-corrected chi connectivity index (χ2v) is 4.42. The molecule has 1 unspecified atom stereocenters. The largest absolute Gasteiger partial charge is 0.416 e. The Labute approximate surface area is 107 Å². The van der Waals surface area contributed by atoms with Crippen LogP contribution in [0.1, 0.15) is 17.5 Å². The third kappa shape index (κ3) is 2.43. The summed E-state index contributed by atoms with van der Waals surface area (Å²) in [6.07, 6.45) is -4.59. The van der Waals surface area contributed by atoms with Gasteiger partial charge in [-0.05, 0) is 18.2 Å². The monoisotopic (exact) mass is 271 g/mol. The molecule has 4 nitrogen and oxygen atoms in total. The van der Waals surface area contributed by atoms with Crippen LogP contribution in [-0.4, -0.2) is 29.7 Å². The molecule has 2 N–H and O–H groups in total. The van der Waals surface area contributed by atoms with E-state index in [1.54, 1.807) is 0 Å². The Morgan fingerprint density at radius 2 is 2.16 bits per heavy atom. The molecule has 1 atom stereocenters. The first-order valence-electron chi connectivity index (χ1n) is 5.93. The van der Waals surface area contributed by atoms with Gasteiger partial charge in [0.25, 0.3) is 0 Å². The van der Waals surface area contributed by atoms with Crippen molar-refractivity contribution in [3.8, 4) is 0 Å². The number of H-pyrrole nitrogens is 1. The molecule has 1 fully saturated rings. The predicted molar refractivity (Wildman–Crippen MR) is 62.7 cm³/mol. The highest BCUT2D eigenvalue weighted by molar-refractivity contribution is 5.76. The summed E-state index contributed by atoms with van der Waals surface area (Å²) in [6, 6.07) is 3.48. The van der Waals surface area contributed by atoms with E-state index in [2.05, 4.69) is 15.3 Å². The van der Waals surface area contributed by atoms with Crippen LogP contribution in [0.2, 0.25) is 0 Å². The zero-order valence-corrected chi connectivity index (χ0v) is 9.92. The first-order valence-corrected chi connectivity index (χ1v) is 5.93. The van der Waals surface area contributed by atoms with Crippen molar-refractivity contribution in [2.75, 3.05) is 19.7 Å². The molecule has 1 aromatic carbocycles. The molecule has 1 aliphatic heterocycles. The van der Waals surface area contributed by atoms with Gasteiger partial charge in [-0.1, -0.05) is 0 Å². The number of hydrogen-bond acceptors (Lipinski definition) is 3. The molecule has 102 valence electrons. The molecule has 2 heterocycles. The van der Waals surface area contributed by atoms with E-state index < -0.39 is 11.7 Å². The van der Waals surface area contributed by atoms with Crippen molar-refractivity contribution in [1.29, 1.82) is 0 Å². The molecule has 7 heteroatoms. The van der Waals surface area contributed by atoms with Gasteiger partial charge in [0.2, 0.25) is 0 Å². The van der Waals surface area contributed by atoms with E-state index in [4.69, 9.17) is 4.74 Å². The van der Waals surface area contributed by atoms with E-state index in [-0.39, 0.29) is 6.10 Å². The lowest BCUT2D eigenvalue weighted by atomic mass is 10.2. The molecule has 0 aliphatic carbocycles. The highest BCUT2D eigenvalue weighted by atomic mass is 19.4. The number of rotatable bonds is 1. The first kappa shape index (κ1) is 12.4. The van der Waals surface area contributed by atoms with Crippen LogP contribution in [0.5, 0.6) is 0 Å². The van der Waals surface area contributed by atoms with Crippen LogP contribution in [0.3, 0.4) is 0 Å². The Bertz CT molecular complexity index is 587.